The van der Waals surface area contributed by atoms with Crippen molar-refractivity contribution >= 4 is 11.4 Å². The van der Waals surface area contributed by atoms with Gasteiger partial charge < -0.3 is 19.7 Å². The molecule has 2 saturated carbocycles. The van der Waals surface area contributed by atoms with E-state index in [1.165, 1.54) is 0 Å². The van der Waals surface area contributed by atoms with Crippen molar-refractivity contribution in [3.05, 3.63) is 68.3 Å². The number of nitro benzene ring substituents is 2. The maximum absolute atomic E-state index is 13.1. The Morgan fingerprint density at radius 2 is 1.06 bits per heavy atom. The Kier molecular flexibility index (Phi) is 9.48. The molecule has 36 heavy (non-hydrogen) atoms. The summed E-state index contributed by atoms with van der Waals surface area (Å²) < 4.78 is 37.0. The van der Waals surface area contributed by atoms with Crippen LogP contribution in [0.15, 0.2) is 36.4 Å². The van der Waals surface area contributed by atoms with E-state index in [9.17, 15) is 39.2 Å². The summed E-state index contributed by atoms with van der Waals surface area (Å²) in [6, 6.07) is 6.14. The molecule has 2 aromatic carbocycles. The van der Waals surface area contributed by atoms with E-state index in [4.69, 9.17) is 9.47 Å². The van der Waals surface area contributed by atoms with Crippen molar-refractivity contribution < 1.29 is 38.3 Å². The summed E-state index contributed by atoms with van der Waals surface area (Å²) in [6.45, 7) is 0. The van der Waals surface area contributed by atoms with E-state index in [0.717, 1.165) is 62.1 Å². The predicted molar refractivity (Wildman–Crippen MR) is 124 cm³/mol. The number of hydrogen-bond donors (Lipinski definition) is 2. The molecule has 0 aliphatic heterocycles. The zero-order valence-corrected chi connectivity index (χ0v) is 19.4. The smallest absolute Gasteiger partial charge is 0.311 e. The first-order valence-corrected chi connectivity index (χ1v) is 11.7. The Morgan fingerprint density at radius 1 is 0.694 bits per heavy atom. The molecule has 0 heterocycles. The van der Waals surface area contributed by atoms with Crippen LogP contribution < -0.4 is 9.47 Å². The topological polar surface area (TPSA) is 145 Å². The second-order valence-corrected chi connectivity index (χ2v) is 8.75. The van der Waals surface area contributed by atoms with Crippen molar-refractivity contribution in [3.8, 4) is 11.5 Å². The number of aliphatic hydroxyl groups is 2. The summed E-state index contributed by atoms with van der Waals surface area (Å²) in [7, 11) is 0. The molecule has 0 unspecified atom stereocenters. The fourth-order valence-electron chi connectivity index (χ4n) is 4.22. The lowest BCUT2D eigenvalue weighted by Gasteiger charge is -2.27. The first kappa shape index (κ1) is 27.2. The molecule has 4 rings (SSSR count). The summed E-state index contributed by atoms with van der Waals surface area (Å²) >= 11 is 0. The number of halogens is 2. The predicted octanol–water partition coefficient (Wildman–Crippen LogP) is 4.83. The standard InChI is InChI=1S/2C12H14FNO4/c2*13-8-5-6-9(14(16)17)12(7-8)18-11-4-2-1-3-10(11)15/h2*5-7,10-11,15H,1-4H2/t2*10-,11+/m10/s1. The average Bonchev–Trinajstić information content (AvgIpc) is 2.82. The third kappa shape index (κ3) is 7.31. The molecule has 0 radical (unpaired) electrons. The van der Waals surface area contributed by atoms with Crippen LogP contribution in [0.3, 0.4) is 0 Å². The molecular formula is C24H28F2N2O8. The minimum atomic E-state index is -0.651. The zero-order chi connectivity index (χ0) is 26.2. The average molecular weight is 510 g/mol. The number of ether oxygens (including phenoxy) is 2. The van der Waals surface area contributed by atoms with Crippen LogP contribution in [0.5, 0.6) is 11.5 Å². The van der Waals surface area contributed by atoms with Crippen LogP contribution in [-0.2, 0) is 0 Å². The Labute approximate surface area is 205 Å². The monoisotopic (exact) mass is 510 g/mol. The van der Waals surface area contributed by atoms with Gasteiger partial charge in [0.25, 0.3) is 0 Å². The molecule has 0 saturated heterocycles. The van der Waals surface area contributed by atoms with Crippen LogP contribution in [0.2, 0.25) is 0 Å². The number of nitro groups is 2. The quantitative estimate of drug-likeness (QED) is 0.415. The molecule has 12 heteroatoms. The zero-order valence-electron chi connectivity index (χ0n) is 19.4. The van der Waals surface area contributed by atoms with Gasteiger partial charge in [-0.15, -0.1) is 0 Å². The normalized spacial score (nSPS) is 23.7. The second kappa shape index (κ2) is 12.5. The molecule has 0 aromatic heterocycles. The molecule has 196 valence electrons. The van der Waals surface area contributed by atoms with Gasteiger partial charge in [-0.1, -0.05) is 12.8 Å². The van der Waals surface area contributed by atoms with Crippen LogP contribution in [0.1, 0.15) is 51.4 Å². The minimum Gasteiger partial charge on any atom is -0.481 e. The SMILES string of the molecule is O=[N+]([O-])c1ccc(F)cc1O[C@@H]1CCCC[C@@H]1O.O=[N+]([O-])c1ccc(F)cc1O[C@H]1CCCC[C@H]1O. The molecule has 2 fully saturated rings. The third-order valence-electron chi connectivity index (χ3n) is 6.13. The summed E-state index contributed by atoms with van der Waals surface area (Å²) in [5.74, 6) is -1.43. The van der Waals surface area contributed by atoms with Crippen molar-refractivity contribution in [2.75, 3.05) is 0 Å². The van der Waals surface area contributed by atoms with Gasteiger partial charge in [-0.3, -0.25) is 20.2 Å². The Hall–Kier alpha value is -3.38. The summed E-state index contributed by atoms with van der Waals surface area (Å²) in [6.07, 6.45) is 3.75. The molecule has 0 bridgehead atoms. The lowest BCUT2D eigenvalue weighted by Crippen LogP contribution is -2.34. The van der Waals surface area contributed by atoms with E-state index in [1.807, 2.05) is 0 Å². The molecule has 2 aliphatic rings. The van der Waals surface area contributed by atoms with Gasteiger partial charge >= 0.3 is 11.4 Å². The van der Waals surface area contributed by atoms with Gasteiger partial charge in [0, 0.05) is 24.3 Å². The molecule has 2 N–H and O–H groups in total. The van der Waals surface area contributed by atoms with Crippen LogP contribution >= 0.6 is 0 Å². The van der Waals surface area contributed by atoms with Gasteiger partial charge in [0.1, 0.15) is 23.8 Å². The van der Waals surface area contributed by atoms with Gasteiger partial charge in [-0.05, 0) is 50.7 Å². The van der Waals surface area contributed by atoms with Crippen LogP contribution in [0, 0.1) is 31.9 Å². The van der Waals surface area contributed by atoms with Crippen LogP contribution in [0.4, 0.5) is 20.2 Å². The summed E-state index contributed by atoms with van der Waals surface area (Å²) in [5, 5.41) is 41.1. The maximum Gasteiger partial charge on any atom is 0.311 e. The molecule has 2 aliphatic carbocycles. The molecule has 10 nitrogen and oxygen atoms in total. The van der Waals surface area contributed by atoms with Gasteiger partial charge in [0.2, 0.25) is 0 Å². The molecule has 4 atom stereocenters. The highest BCUT2D eigenvalue weighted by Crippen LogP contribution is 2.33. The Morgan fingerprint density at radius 3 is 1.39 bits per heavy atom. The summed E-state index contributed by atoms with van der Waals surface area (Å²) in [4.78, 5) is 20.4. The number of hydrogen-bond acceptors (Lipinski definition) is 8. The summed E-state index contributed by atoms with van der Waals surface area (Å²) in [5.41, 5.74) is -0.566. The highest BCUT2D eigenvalue weighted by molar-refractivity contribution is 5.47. The van der Waals surface area contributed by atoms with Crippen LogP contribution in [-0.4, -0.2) is 44.5 Å². The Balaban J connectivity index is 0.000000201. The lowest BCUT2D eigenvalue weighted by molar-refractivity contribution is -0.386. The molecular weight excluding hydrogens is 482 g/mol. The van der Waals surface area contributed by atoms with E-state index in [2.05, 4.69) is 0 Å². The van der Waals surface area contributed by atoms with E-state index in [1.54, 1.807) is 0 Å². The lowest BCUT2D eigenvalue weighted by atomic mass is 9.95. The van der Waals surface area contributed by atoms with E-state index in [0.29, 0.717) is 25.7 Å². The number of nitrogens with zero attached hydrogens (tertiary/aromatic N) is 2. The van der Waals surface area contributed by atoms with Crippen molar-refractivity contribution in [2.45, 2.75) is 75.8 Å². The largest absolute Gasteiger partial charge is 0.481 e. The fraction of sp³-hybridized carbons (Fsp3) is 0.500. The first-order valence-electron chi connectivity index (χ1n) is 11.7. The first-order chi connectivity index (χ1) is 17.2. The van der Waals surface area contributed by atoms with Gasteiger partial charge in [0.15, 0.2) is 11.5 Å². The second-order valence-electron chi connectivity index (χ2n) is 8.75. The molecule has 0 amide bonds. The molecule has 0 spiro atoms. The van der Waals surface area contributed by atoms with Gasteiger partial charge in [-0.25, -0.2) is 8.78 Å². The van der Waals surface area contributed by atoms with Gasteiger partial charge in [0.05, 0.1) is 22.1 Å². The van der Waals surface area contributed by atoms with E-state index in [-0.39, 0.29) is 22.9 Å². The fourth-order valence-corrected chi connectivity index (χ4v) is 4.22. The van der Waals surface area contributed by atoms with Gasteiger partial charge in [-0.2, -0.15) is 0 Å². The van der Waals surface area contributed by atoms with E-state index < -0.39 is 45.9 Å². The Bertz CT molecular complexity index is 987. The van der Waals surface area contributed by atoms with Crippen molar-refractivity contribution in [1.29, 1.82) is 0 Å². The third-order valence-corrected chi connectivity index (χ3v) is 6.13. The van der Waals surface area contributed by atoms with Crippen molar-refractivity contribution in [3.63, 3.8) is 0 Å². The highest BCUT2D eigenvalue weighted by atomic mass is 19.1. The van der Waals surface area contributed by atoms with Crippen molar-refractivity contribution in [1.82, 2.24) is 0 Å². The maximum atomic E-state index is 13.1. The van der Waals surface area contributed by atoms with Crippen molar-refractivity contribution in [2.24, 2.45) is 0 Å². The number of rotatable bonds is 6. The number of aliphatic hydroxyl groups excluding tert-OH is 2. The van der Waals surface area contributed by atoms with Crippen LogP contribution in [0.25, 0.3) is 0 Å². The number of benzene rings is 2. The molecule has 2 aromatic rings. The van der Waals surface area contributed by atoms with E-state index >= 15 is 0 Å². The minimum absolute atomic E-state index is 0.119. The highest BCUT2D eigenvalue weighted by Gasteiger charge is 2.29.